The van der Waals surface area contributed by atoms with E-state index in [2.05, 4.69) is 15.5 Å². The number of nitrogens with zero attached hydrogens (tertiary/aromatic N) is 6. The SMILES string of the molecule is Cc1c(-n2nccn2)sc2c1c(=O)n(C(C)(C)C(=O)NC(C)C)c(=O)n2CCc1cc(F)ccc1OCC#N.OC1CCC(O)CC1. The first kappa shape index (κ1) is 35.5. The number of aryl methyl sites for hydroxylation is 3. The summed E-state index contributed by atoms with van der Waals surface area (Å²) >= 11 is 1.17. The number of aliphatic hydroxyl groups excluding tert-OH is 2. The van der Waals surface area contributed by atoms with Crippen LogP contribution >= 0.6 is 11.3 Å². The number of halogens is 1. The van der Waals surface area contributed by atoms with Gasteiger partial charge in [0.15, 0.2) is 6.61 Å². The molecule has 0 atom stereocenters. The second-order valence-corrected chi connectivity index (χ2v) is 13.2. The van der Waals surface area contributed by atoms with Crippen molar-refractivity contribution in [3.05, 3.63) is 68.4 Å². The third-order valence-corrected chi connectivity index (χ3v) is 9.19. The van der Waals surface area contributed by atoms with Gasteiger partial charge in [-0.1, -0.05) is 11.3 Å². The average Bonchev–Trinajstić information content (AvgIpc) is 3.66. The molecular formula is C32H40FN7O6S. The van der Waals surface area contributed by atoms with Crippen LogP contribution in [0.3, 0.4) is 0 Å². The molecule has 0 bridgehead atoms. The number of ether oxygens (including phenoxy) is 1. The van der Waals surface area contributed by atoms with Gasteiger partial charge in [-0.25, -0.2) is 13.8 Å². The van der Waals surface area contributed by atoms with E-state index >= 15 is 0 Å². The fourth-order valence-corrected chi connectivity index (χ4v) is 6.60. The number of carbonyl (C=O) groups excluding carboxylic acids is 1. The van der Waals surface area contributed by atoms with Crippen molar-refractivity contribution in [2.75, 3.05) is 6.61 Å². The van der Waals surface area contributed by atoms with Crippen molar-refractivity contribution in [1.82, 2.24) is 29.4 Å². The fraction of sp³-hybridized carbons (Fsp3) is 0.500. The fourth-order valence-electron chi connectivity index (χ4n) is 5.36. The lowest BCUT2D eigenvalue weighted by molar-refractivity contribution is -0.129. The zero-order valence-corrected chi connectivity index (χ0v) is 27.9. The molecule has 1 saturated carbocycles. The number of thiophene rings is 1. The van der Waals surface area contributed by atoms with Gasteiger partial charge in [0.05, 0.1) is 30.0 Å². The molecule has 3 aromatic heterocycles. The maximum atomic E-state index is 14.1. The zero-order valence-electron chi connectivity index (χ0n) is 27.1. The smallest absolute Gasteiger partial charge is 0.333 e. The van der Waals surface area contributed by atoms with Crippen molar-refractivity contribution < 1.29 is 24.1 Å². The van der Waals surface area contributed by atoms with E-state index < -0.39 is 28.5 Å². The van der Waals surface area contributed by atoms with Crippen molar-refractivity contribution >= 4 is 27.5 Å². The first-order valence-corrected chi connectivity index (χ1v) is 16.2. The quantitative estimate of drug-likeness (QED) is 0.242. The summed E-state index contributed by atoms with van der Waals surface area (Å²) in [6.07, 6.45) is 5.99. The number of nitrogens with one attached hydrogen (secondary N) is 1. The minimum atomic E-state index is -1.52. The Hall–Kier alpha value is -4.39. The Bertz CT molecular complexity index is 1860. The van der Waals surface area contributed by atoms with Crippen molar-refractivity contribution in [2.24, 2.45) is 0 Å². The lowest BCUT2D eigenvalue weighted by Crippen LogP contribution is -2.56. The molecule has 1 aliphatic rings. The Morgan fingerprint density at radius 3 is 2.36 bits per heavy atom. The van der Waals surface area contributed by atoms with Gasteiger partial charge in [0, 0.05) is 18.2 Å². The minimum absolute atomic E-state index is 0.0375. The second-order valence-electron chi connectivity index (χ2n) is 12.2. The van der Waals surface area contributed by atoms with E-state index in [1.54, 1.807) is 20.8 Å². The summed E-state index contributed by atoms with van der Waals surface area (Å²) in [5.74, 6) is -0.667. The van der Waals surface area contributed by atoms with Crippen molar-refractivity contribution in [2.45, 2.75) is 97.1 Å². The number of carbonyl (C=O) groups is 1. The molecule has 0 spiro atoms. The molecule has 1 aromatic carbocycles. The largest absolute Gasteiger partial charge is 0.478 e. The average molecular weight is 670 g/mol. The van der Waals surface area contributed by atoms with E-state index in [1.807, 2.05) is 6.07 Å². The number of fused-ring (bicyclic) bond motifs is 1. The van der Waals surface area contributed by atoms with E-state index in [1.165, 1.54) is 65.1 Å². The molecule has 252 valence electrons. The topological polar surface area (TPSA) is 177 Å². The molecule has 1 aliphatic carbocycles. The number of rotatable bonds is 9. The zero-order chi connectivity index (χ0) is 34.5. The highest BCUT2D eigenvalue weighted by molar-refractivity contribution is 7.21. The van der Waals surface area contributed by atoms with Crippen LogP contribution in [0.25, 0.3) is 15.2 Å². The molecule has 1 fully saturated rings. The molecule has 15 heteroatoms. The van der Waals surface area contributed by atoms with E-state index in [0.717, 1.165) is 30.3 Å². The summed E-state index contributed by atoms with van der Waals surface area (Å²) < 4.78 is 21.9. The van der Waals surface area contributed by atoms with Crippen LogP contribution in [-0.2, 0) is 23.3 Å². The Labute approximate surface area is 274 Å². The molecule has 0 unspecified atom stereocenters. The van der Waals surface area contributed by atoms with Gasteiger partial charge < -0.3 is 20.3 Å². The Balaban J connectivity index is 0.000000546. The van der Waals surface area contributed by atoms with Crippen LogP contribution in [0.2, 0.25) is 0 Å². The predicted molar refractivity (Wildman–Crippen MR) is 174 cm³/mol. The maximum Gasteiger partial charge on any atom is 0.333 e. The molecule has 0 aliphatic heterocycles. The van der Waals surface area contributed by atoms with Gasteiger partial charge >= 0.3 is 5.69 Å². The summed E-state index contributed by atoms with van der Waals surface area (Å²) in [6, 6.07) is 5.61. The van der Waals surface area contributed by atoms with Crippen LogP contribution in [0.15, 0.2) is 40.2 Å². The summed E-state index contributed by atoms with van der Waals surface area (Å²) in [7, 11) is 0. The lowest BCUT2D eigenvalue weighted by Gasteiger charge is -2.27. The van der Waals surface area contributed by atoms with Crippen molar-refractivity contribution in [1.29, 1.82) is 5.26 Å². The van der Waals surface area contributed by atoms with Gasteiger partial charge in [-0.05, 0) is 90.5 Å². The second kappa shape index (κ2) is 15.0. The first-order valence-electron chi connectivity index (χ1n) is 15.4. The van der Waals surface area contributed by atoms with Gasteiger partial charge in [0.2, 0.25) is 5.91 Å². The Morgan fingerprint density at radius 2 is 1.79 bits per heavy atom. The molecule has 5 rings (SSSR count). The first-order chi connectivity index (χ1) is 22.3. The minimum Gasteiger partial charge on any atom is -0.478 e. The lowest BCUT2D eigenvalue weighted by atomic mass is 9.95. The summed E-state index contributed by atoms with van der Waals surface area (Å²) in [6.45, 7) is 8.15. The Kier molecular flexibility index (Phi) is 11.3. The van der Waals surface area contributed by atoms with Gasteiger partial charge in [-0.15, -0.1) is 4.80 Å². The van der Waals surface area contributed by atoms with Crippen LogP contribution in [0.5, 0.6) is 5.75 Å². The molecule has 3 N–H and O–H groups in total. The Morgan fingerprint density at radius 1 is 1.17 bits per heavy atom. The highest BCUT2D eigenvalue weighted by atomic mass is 32.1. The summed E-state index contributed by atoms with van der Waals surface area (Å²) in [4.78, 5) is 42.7. The number of aliphatic hydroxyl groups is 2. The third-order valence-electron chi connectivity index (χ3n) is 7.91. The molecule has 13 nitrogen and oxygen atoms in total. The maximum absolute atomic E-state index is 14.1. The highest BCUT2D eigenvalue weighted by Gasteiger charge is 2.36. The molecular weight excluding hydrogens is 629 g/mol. The normalized spacial score (nSPS) is 16.4. The monoisotopic (exact) mass is 669 g/mol. The molecule has 0 radical (unpaired) electrons. The van der Waals surface area contributed by atoms with E-state index in [0.29, 0.717) is 26.7 Å². The van der Waals surface area contributed by atoms with Crippen molar-refractivity contribution in [3.8, 4) is 16.8 Å². The van der Waals surface area contributed by atoms with Gasteiger partial charge in [-0.3, -0.25) is 14.2 Å². The predicted octanol–water partition coefficient (Wildman–Crippen LogP) is 2.94. The number of amides is 1. The van der Waals surface area contributed by atoms with E-state index in [9.17, 15) is 18.8 Å². The van der Waals surface area contributed by atoms with E-state index in [4.69, 9.17) is 20.2 Å². The summed E-state index contributed by atoms with van der Waals surface area (Å²) in [5.41, 5.74) is -1.81. The van der Waals surface area contributed by atoms with Gasteiger partial charge in [-0.2, -0.15) is 15.5 Å². The van der Waals surface area contributed by atoms with E-state index in [-0.39, 0.29) is 43.2 Å². The van der Waals surface area contributed by atoms with Crippen LogP contribution in [0.1, 0.15) is 64.5 Å². The van der Waals surface area contributed by atoms with Crippen LogP contribution in [-0.4, -0.2) is 65.1 Å². The molecule has 0 saturated heterocycles. The van der Waals surface area contributed by atoms with Crippen LogP contribution in [0, 0.1) is 24.1 Å². The molecule has 3 heterocycles. The highest BCUT2D eigenvalue weighted by Crippen LogP contribution is 2.31. The number of nitriles is 1. The third kappa shape index (κ3) is 7.95. The number of aromatic nitrogens is 5. The molecule has 1 amide bonds. The van der Waals surface area contributed by atoms with Crippen LogP contribution < -0.4 is 21.3 Å². The number of hydrogen-bond donors (Lipinski definition) is 3. The number of hydrogen-bond acceptors (Lipinski definition) is 10. The van der Waals surface area contributed by atoms with Crippen LogP contribution in [0.4, 0.5) is 4.39 Å². The molecule has 4 aromatic rings. The standard InChI is InChI=1S/C26H28FN7O4S.C6H12O2/c1-15(2)31-24(36)26(4,5)33-21(35)20-16(3)22(34-29-10-11-30-34)39-23(20)32(25(33)37)12-8-17-14-18(27)6-7-19(17)38-13-9-28;7-5-1-2-6(8)4-3-5/h6-7,10-11,14-15H,8,12-13H2,1-5H3,(H,31,36);5-8H,1-4H2. The van der Waals surface area contributed by atoms with Crippen molar-refractivity contribution in [3.63, 3.8) is 0 Å². The van der Waals surface area contributed by atoms with Gasteiger partial charge in [0.1, 0.15) is 33.0 Å². The summed E-state index contributed by atoms with van der Waals surface area (Å²) in [5, 5.41) is 38.7. The van der Waals surface area contributed by atoms with Gasteiger partial charge in [0.25, 0.3) is 5.56 Å². The number of benzene rings is 1. The molecule has 47 heavy (non-hydrogen) atoms.